The van der Waals surface area contributed by atoms with Crippen molar-refractivity contribution in [3.63, 3.8) is 0 Å². The molecule has 4 heterocycles. The standard InChI is InChI=1S/C31H16N2OS2/c1-4-10-23-17(7-1)20-16-28-21(18-8-2-5-11-25(18)36-28)15-24(20)33(23)31-32-22-13-14-27-29(30(22)34-31)19-9-3-6-12-26(19)35-27/h1-16H. The lowest BCUT2D eigenvalue weighted by Gasteiger charge is -2.02. The third kappa shape index (κ3) is 2.39. The number of benzene rings is 5. The molecule has 0 bridgehead atoms. The molecule has 0 aliphatic heterocycles. The van der Waals surface area contributed by atoms with Crippen LogP contribution < -0.4 is 0 Å². The van der Waals surface area contributed by atoms with Gasteiger partial charge in [-0.05, 0) is 42.5 Å². The number of hydrogen-bond acceptors (Lipinski definition) is 4. The molecular weight excluding hydrogens is 480 g/mol. The molecule has 9 aromatic rings. The van der Waals surface area contributed by atoms with Gasteiger partial charge < -0.3 is 4.42 Å². The lowest BCUT2D eigenvalue weighted by atomic mass is 10.1. The summed E-state index contributed by atoms with van der Waals surface area (Å²) in [5.74, 6) is 0. The fourth-order valence-corrected chi connectivity index (χ4v) is 7.90. The quantitative estimate of drug-likeness (QED) is 0.226. The minimum atomic E-state index is 0.609. The van der Waals surface area contributed by atoms with Crippen molar-refractivity contribution < 1.29 is 4.42 Å². The highest BCUT2D eigenvalue weighted by atomic mass is 32.1. The molecule has 36 heavy (non-hydrogen) atoms. The van der Waals surface area contributed by atoms with Crippen LogP contribution in [0.15, 0.2) is 101 Å². The fraction of sp³-hybridized carbons (Fsp3) is 0. The lowest BCUT2D eigenvalue weighted by molar-refractivity contribution is 0.577. The van der Waals surface area contributed by atoms with Crippen molar-refractivity contribution in [3.05, 3.63) is 97.1 Å². The van der Waals surface area contributed by atoms with Crippen molar-refractivity contribution in [2.45, 2.75) is 0 Å². The molecule has 0 unspecified atom stereocenters. The highest BCUT2D eigenvalue weighted by Crippen LogP contribution is 2.42. The maximum Gasteiger partial charge on any atom is 0.307 e. The number of aromatic nitrogens is 2. The second kappa shape index (κ2) is 6.72. The van der Waals surface area contributed by atoms with Crippen LogP contribution in [-0.2, 0) is 0 Å². The third-order valence-corrected chi connectivity index (χ3v) is 9.52. The number of thiophene rings is 2. The van der Waals surface area contributed by atoms with E-state index < -0.39 is 0 Å². The van der Waals surface area contributed by atoms with Crippen LogP contribution in [-0.4, -0.2) is 9.55 Å². The summed E-state index contributed by atoms with van der Waals surface area (Å²) < 4.78 is 13.9. The number of fused-ring (bicyclic) bond motifs is 11. The van der Waals surface area contributed by atoms with Gasteiger partial charge in [-0.3, -0.25) is 4.57 Å². The summed E-state index contributed by atoms with van der Waals surface area (Å²) in [6.07, 6.45) is 0. The van der Waals surface area contributed by atoms with Crippen molar-refractivity contribution >= 4 is 95.9 Å². The topological polar surface area (TPSA) is 31.0 Å². The maximum atomic E-state index is 6.65. The van der Waals surface area contributed by atoms with Crippen molar-refractivity contribution in [1.29, 1.82) is 0 Å². The van der Waals surface area contributed by atoms with Crippen LogP contribution in [0.3, 0.4) is 0 Å². The second-order valence-corrected chi connectivity index (χ2v) is 11.4. The number of para-hydroxylation sites is 1. The average Bonchev–Trinajstić information content (AvgIpc) is 3.66. The molecule has 0 spiro atoms. The first kappa shape index (κ1) is 19.1. The van der Waals surface area contributed by atoms with E-state index in [-0.39, 0.29) is 0 Å². The molecule has 0 fully saturated rings. The van der Waals surface area contributed by atoms with E-state index in [4.69, 9.17) is 9.40 Å². The molecule has 4 aromatic heterocycles. The first-order valence-corrected chi connectivity index (χ1v) is 13.5. The summed E-state index contributed by atoms with van der Waals surface area (Å²) in [7, 11) is 0. The SMILES string of the molecule is c1ccc2c(c1)sc1cc3c4ccccc4n(-c4nc5ccc6sc7ccccc7c6c5o4)c3cc12. The summed E-state index contributed by atoms with van der Waals surface area (Å²) in [5.41, 5.74) is 3.96. The molecule has 0 radical (unpaired) electrons. The zero-order valence-corrected chi connectivity index (χ0v) is 20.5. The summed E-state index contributed by atoms with van der Waals surface area (Å²) in [5, 5.41) is 7.37. The molecule has 0 aliphatic rings. The van der Waals surface area contributed by atoms with E-state index in [9.17, 15) is 0 Å². The molecule has 5 heteroatoms. The Balaban J connectivity index is 1.43. The number of hydrogen-bond donors (Lipinski definition) is 0. The Hall–Kier alpha value is -4.19. The Morgan fingerprint density at radius 3 is 2.17 bits per heavy atom. The van der Waals surface area contributed by atoms with Crippen molar-refractivity contribution in [2.75, 3.05) is 0 Å². The molecule has 0 atom stereocenters. The van der Waals surface area contributed by atoms with Gasteiger partial charge in [0.1, 0.15) is 5.52 Å². The highest BCUT2D eigenvalue weighted by molar-refractivity contribution is 7.26. The van der Waals surface area contributed by atoms with Crippen LogP contribution in [0.2, 0.25) is 0 Å². The molecule has 5 aromatic carbocycles. The van der Waals surface area contributed by atoms with E-state index >= 15 is 0 Å². The summed E-state index contributed by atoms with van der Waals surface area (Å²) >= 11 is 3.65. The number of rotatable bonds is 1. The third-order valence-electron chi connectivity index (χ3n) is 7.25. The van der Waals surface area contributed by atoms with E-state index in [0.29, 0.717) is 6.01 Å². The second-order valence-electron chi connectivity index (χ2n) is 9.20. The Morgan fingerprint density at radius 1 is 0.556 bits per heavy atom. The first-order valence-electron chi connectivity index (χ1n) is 11.9. The Kier molecular flexibility index (Phi) is 3.56. The minimum absolute atomic E-state index is 0.609. The molecular formula is C31H16N2OS2. The van der Waals surface area contributed by atoms with Gasteiger partial charge >= 0.3 is 6.01 Å². The Morgan fingerprint density at radius 2 is 1.28 bits per heavy atom. The van der Waals surface area contributed by atoms with Gasteiger partial charge in [-0.1, -0.05) is 54.6 Å². The number of oxazole rings is 1. The molecule has 168 valence electrons. The summed E-state index contributed by atoms with van der Waals surface area (Å²) in [6, 6.07) is 35.2. The zero-order chi connectivity index (χ0) is 23.4. The van der Waals surface area contributed by atoms with Crippen LogP contribution >= 0.6 is 22.7 Å². The van der Waals surface area contributed by atoms with Crippen molar-refractivity contribution in [3.8, 4) is 6.01 Å². The monoisotopic (exact) mass is 496 g/mol. The Bertz CT molecular complexity index is 2330. The van der Waals surface area contributed by atoms with Gasteiger partial charge in [-0.25, -0.2) is 0 Å². The van der Waals surface area contributed by atoms with Crippen LogP contribution in [0, 0.1) is 0 Å². The van der Waals surface area contributed by atoms with Crippen molar-refractivity contribution in [1.82, 2.24) is 9.55 Å². The predicted octanol–water partition coefficient (Wildman–Crippen LogP) is 9.66. The smallest absolute Gasteiger partial charge is 0.307 e. The van der Waals surface area contributed by atoms with Crippen LogP contribution in [0.4, 0.5) is 0 Å². The van der Waals surface area contributed by atoms with Crippen LogP contribution in [0.5, 0.6) is 0 Å². The predicted molar refractivity (Wildman–Crippen MR) is 154 cm³/mol. The highest BCUT2D eigenvalue weighted by Gasteiger charge is 2.20. The minimum Gasteiger partial charge on any atom is -0.422 e. The van der Waals surface area contributed by atoms with Gasteiger partial charge in [0.15, 0.2) is 5.58 Å². The van der Waals surface area contributed by atoms with Gasteiger partial charge in [0.25, 0.3) is 0 Å². The molecule has 9 rings (SSSR count). The summed E-state index contributed by atoms with van der Waals surface area (Å²) in [6.45, 7) is 0. The van der Waals surface area contributed by atoms with Gasteiger partial charge in [-0.15, -0.1) is 22.7 Å². The van der Waals surface area contributed by atoms with Gasteiger partial charge in [0, 0.05) is 51.1 Å². The molecule has 3 nitrogen and oxygen atoms in total. The van der Waals surface area contributed by atoms with Crippen LogP contribution in [0.25, 0.3) is 79.3 Å². The lowest BCUT2D eigenvalue weighted by Crippen LogP contribution is -1.93. The van der Waals surface area contributed by atoms with E-state index in [1.165, 1.54) is 45.7 Å². The average molecular weight is 497 g/mol. The van der Waals surface area contributed by atoms with Gasteiger partial charge in [0.2, 0.25) is 0 Å². The molecule has 0 N–H and O–H groups in total. The molecule has 0 saturated carbocycles. The van der Waals surface area contributed by atoms with E-state index in [1.54, 1.807) is 11.3 Å². The number of nitrogens with zero attached hydrogens (tertiary/aromatic N) is 2. The Labute approximate surface area is 212 Å². The van der Waals surface area contributed by atoms with Crippen LogP contribution in [0.1, 0.15) is 0 Å². The van der Waals surface area contributed by atoms with E-state index in [1.807, 2.05) is 11.3 Å². The molecule has 0 saturated heterocycles. The van der Waals surface area contributed by atoms with E-state index in [2.05, 4.69) is 102 Å². The maximum absolute atomic E-state index is 6.65. The summed E-state index contributed by atoms with van der Waals surface area (Å²) in [4.78, 5) is 5.03. The van der Waals surface area contributed by atoms with Gasteiger partial charge in [0.05, 0.1) is 11.0 Å². The molecule has 0 aliphatic carbocycles. The van der Waals surface area contributed by atoms with E-state index in [0.717, 1.165) is 27.5 Å². The van der Waals surface area contributed by atoms with Crippen molar-refractivity contribution in [2.24, 2.45) is 0 Å². The normalized spacial score (nSPS) is 12.4. The molecule has 0 amide bonds. The largest absolute Gasteiger partial charge is 0.422 e. The first-order chi connectivity index (χ1) is 17.8. The zero-order valence-electron chi connectivity index (χ0n) is 18.9. The fourth-order valence-electron chi connectivity index (χ4n) is 5.67. The van der Waals surface area contributed by atoms with Gasteiger partial charge in [-0.2, -0.15) is 4.98 Å².